The van der Waals surface area contributed by atoms with Gasteiger partial charge >= 0.3 is 0 Å². The highest BCUT2D eigenvalue weighted by molar-refractivity contribution is 6.33. The molecule has 0 fully saturated rings. The van der Waals surface area contributed by atoms with Gasteiger partial charge in [-0.05, 0) is 35.7 Å². The number of pyridine rings is 1. The maximum absolute atomic E-state index is 13.4. The van der Waals surface area contributed by atoms with E-state index in [0.29, 0.717) is 16.4 Å². The molecule has 3 rings (SSSR count). The fourth-order valence-electron chi connectivity index (χ4n) is 2.33. The number of hydrogen-bond donors (Lipinski definition) is 1. The van der Waals surface area contributed by atoms with Gasteiger partial charge < -0.3 is 10.0 Å². The van der Waals surface area contributed by atoms with Crippen molar-refractivity contribution in [2.75, 3.05) is 11.4 Å². The smallest absolute Gasteiger partial charge is 0.151 e. The van der Waals surface area contributed by atoms with Crippen molar-refractivity contribution < 1.29 is 9.50 Å². The van der Waals surface area contributed by atoms with Gasteiger partial charge in [0.1, 0.15) is 5.82 Å². The summed E-state index contributed by atoms with van der Waals surface area (Å²) < 4.78 is 13.4. The highest BCUT2D eigenvalue weighted by Crippen LogP contribution is 2.37. The summed E-state index contributed by atoms with van der Waals surface area (Å²) in [4.78, 5) is 6.18. The number of anilines is 2. The first-order valence-corrected chi connectivity index (χ1v) is 6.38. The monoisotopic (exact) mass is 278 g/mol. The van der Waals surface area contributed by atoms with Gasteiger partial charge in [-0.25, -0.2) is 9.37 Å². The molecule has 0 amide bonds. The molecule has 98 valence electrons. The first-order chi connectivity index (χ1) is 9.19. The minimum atomic E-state index is -0.270. The summed E-state index contributed by atoms with van der Waals surface area (Å²) >= 11 is 6.19. The van der Waals surface area contributed by atoms with Crippen molar-refractivity contribution >= 4 is 23.1 Å². The molecule has 0 saturated heterocycles. The number of aliphatic hydroxyl groups excluding tert-OH is 1. The van der Waals surface area contributed by atoms with Gasteiger partial charge in [-0.1, -0.05) is 17.7 Å². The molecule has 0 atom stereocenters. The van der Waals surface area contributed by atoms with Gasteiger partial charge in [-0.3, -0.25) is 0 Å². The summed E-state index contributed by atoms with van der Waals surface area (Å²) in [6.07, 6.45) is 2.42. The Morgan fingerprint density at radius 3 is 2.95 bits per heavy atom. The van der Waals surface area contributed by atoms with Crippen LogP contribution in [-0.2, 0) is 13.0 Å². The number of halogens is 2. The summed E-state index contributed by atoms with van der Waals surface area (Å²) in [6, 6.07) is 6.44. The van der Waals surface area contributed by atoms with Crippen molar-refractivity contribution in [1.29, 1.82) is 0 Å². The Bertz CT molecular complexity index is 633. The number of hydrogen-bond acceptors (Lipinski definition) is 3. The Hall–Kier alpha value is -1.65. The number of fused-ring (bicyclic) bond motifs is 1. The van der Waals surface area contributed by atoms with Crippen molar-refractivity contribution in [3.63, 3.8) is 0 Å². The summed E-state index contributed by atoms with van der Waals surface area (Å²) in [5.41, 5.74) is 2.56. The van der Waals surface area contributed by atoms with Gasteiger partial charge in [-0.15, -0.1) is 0 Å². The van der Waals surface area contributed by atoms with Crippen LogP contribution in [0.2, 0.25) is 5.02 Å². The quantitative estimate of drug-likeness (QED) is 0.917. The lowest BCUT2D eigenvalue weighted by Crippen LogP contribution is -2.15. The van der Waals surface area contributed by atoms with Crippen LogP contribution in [0.4, 0.5) is 15.9 Å². The van der Waals surface area contributed by atoms with Crippen LogP contribution in [0, 0.1) is 5.82 Å². The van der Waals surface area contributed by atoms with E-state index in [4.69, 9.17) is 16.7 Å². The van der Waals surface area contributed by atoms with E-state index in [-0.39, 0.29) is 12.4 Å². The zero-order chi connectivity index (χ0) is 13.4. The van der Waals surface area contributed by atoms with Crippen LogP contribution in [0.15, 0.2) is 30.5 Å². The molecule has 0 spiro atoms. The number of benzene rings is 1. The normalized spacial score (nSPS) is 13.7. The molecule has 1 aromatic carbocycles. The van der Waals surface area contributed by atoms with Gasteiger partial charge in [0.25, 0.3) is 0 Å². The first kappa shape index (κ1) is 12.4. The van der Waals surface area contributed by atoms with E-state index in [1.807, 2.05) is 4.90 Å². The largest absolute Gasteiger partial charge is 0.392 e. The molecule has 0 aliphatic carbocycles. The Morgan fingerprint density at radius 2 is 2.21 bits per heavy atom. The van der Waals surface area contributed by atoms with Crippen molar-refractivity contribution in [3.05, 3.63) is 52.4 Å². The van der Waals surface area contributed by atoms with Gasteiger partial charge in [0.05, 0.1) is 11.6 Å². The number of nitrogens with zero attached hydrogens (tertiary/aromatic N) is 2. The van der Waals surface area contributed by atoms with Crippen LogP contribution in [0.5, 0.6) is 0 Å². The van der Waals surface area contributed by atoms with E-state index in [1.54, 1.807) is 18.3 Å². The van der Waals surface area contributed by atoms with E-state index in [9.17, 15) is 4.39 Å². The highest BCUT2D eigenvalue weighted by atomic mass is 35.5. The molecule has 2 aromatic rings. The minimum Gasteiger partial charge on any atom is -0.392 e. The lowest BCUT2D eigenvalue weighted by molar-refractivity contribution is 0.281. The van der Waals surface area contributed by atoms with Gasteiger partial charge in [0.2, 0.25) is 0 Å². The third kappa shape index (κ3) is 2.17. The van der Waals surface area contributed by atoms with Crippen LogP contribution in [0.25, 0.3) is 0 Å². The third-order valence-corrected chi connectivity index (χ3v) is 3.54. The lowest BCUT2D eigenvalue weighted by Gasteiger charge is -2.19. The van der Waals surface area contributed by atoms with Gasteiger partial charge in [-0.2, -0.15) is 0 Å². The van der Waals surface area contributed by atoms with E-state index < -0.39 is 0 Å². The molecule has 0 unspecified atom stereocenters. The van der Waals surface area contributed by atoms with Crippen LogP contribution in [0.1, 0.15) is 11.1 Å². The topological polar surface area (TPSA) is 36.4 Å². The summed E-state index contributed by atoms with van der Waals surface area (Å²) in [6.45, 7) is 0.627. The van der Waals surface area contributed by atoms with E-state index in [1.165, 1.54) is 12.1 Å². The average molecular weight is 279 g/mol. The molecule has 1 aliphatic rings. The van der Waals surface area contributed by atoms with E-state index in [0.717, 1.165) is 24.2 Å². The van der Waals surface area contributed by atoms with Crippen LogP contribution >= 0.6 is 11.6 Å². The van der Waals surface area contributed by atoms with E-state index >= 15 is 0 Å². The second kappa shape index (κ2) is 4.79. The zero-order valence-corrected chi connectivity index (χ0v) is 10.9. The zero-order valence-electron chi connectivity index (χ0n) is 10.1. The Labute approximate surface area is 115 Å². The molecular weight excluding hydrogens is 267 g/mol. The maximum atomic E-state index is 13.4. The Morgan fingerprint density at radius 1 is 1.37 bits per heavy atom. The Kier molecular flexibility index (Phi) is 3.12. The van der Waals surface area contributed by atoms with Crippen LogP contribution in [-0.4, -0.2) is 16.6 Å². The number of rotatable bonds is 2. The molecule has 0 bridgehead atoms. The molecule has 0 saturated carbocycles. The fraction of sp³-hybridized carbons (Fsp3) is 0.214. The third-order valence-electron chi connectivity index (χ3n) is 3.26. The molecule has 1 aromatic heterocycles. The van der Waals surface area contributed by atoms with Crippen molar-refractivity contribution in [2.24, 2.45) is 0 Å². The summed E-state index contributed by atoms with van der Waals surface area (Å²) in [5, 5.41) is 9.51. The number of aliphatic hydroxyl groups is 1. The van der Waals surface area contributed by atoms with Crippen molar-refractivity contribution in [3.8, 4) is 0 Å². The highest BCUT2D eigenvalue weighted by Gasteiger charge is 2.23. The predicted octanol–water partition coefficient (Wildman–Crippen LogP) is 3.06. The fourth-order valence-corrected chi connectivity index (χ4v) is 2.62. The maximum Gasteiger partial charge on any atom is 0.151 e. The first-order valence-electron chi connectivity index (χ1n) is 6.00. The van der Waals surface area contributed by atoms with Crippen molar-refractivity contribution in [2.45, 2.75) is 13.0 Å². The molecule has 3 nitrogen and oxygen atoms in total. The van der Waals surface area contributed by atoms with Gasteiger partial charge in [0.15, 0.2) is 5.82 Å². The molecule has 19 heavy (non-hydrogen) atoms. The standard InChI is InChI=1S/C14H12ClFN2O/c15-12-5-9(8-19)7-17-14(12)18-4-3-10-1-2-11(16)6-13(10)18/h1-2,5-7,19H,3-4,8H2. The molecular formula is C14H12ClFN2O. The lowest BCUT2D eigenvalue weighted by atomic mass is 10.2. The van der Waals surface area contributed by atoms with Crippen molar-refractivity contribution in [1.82, 2.24) is 4.98 Å². The van der Waals surface area contributed by atoms with E-state index in [2.05, 4.69) is 4.98 Å². The molecule has 1 N–H and O–H groups in total. The predicted molar refractivity (Wildman–Crippen MR) is 72.3 cm³/mol. The molecule has 5 heteroatoms. The SMILES string of the molecule is OCc1cnc(N2CCc3ccc(F)cc32)c(Cl)c1. The van der Waals surface area contributed by atoms with Crippen LogP contribution in [0.3, 0.4) is 0 Å². The number of aromatic nitrogens is 1. The second-order valence-corrected chi connectivity index (χ2v) is 4.89. The average Bonchev–Trinajstić information content (AvgIpc) is 2.81. The molecule has 1 aliphatic heterocycles. The molecule has 2 heterocycles. The molecule has 0 radical (unpaired) electrons. The summed E-state index contributed by atoms with van der Waals surface area (Å²) in [5.74, 6) is 0.331. The second-order valence-electron chi connectivity index (χ2n) is 4.48. The van der Waals surface area contributed by atoms with Crippen LogP contribution < -0.4 is 4.90 Å². The Balaban J connectivity index is 2.04. The van der Waals surface area contributed by atoms with Gasteiger partial charge in [0, 0.05) is 18.4 Å². The summed E-state index contributed by atoms with van der Waals surface area (Å²) in [7, 11) is 0. The minimum absolute atomic E-state index is 0.0990.